The average molecular weight is 267 g/mol. The Morgan fingerprint density at radius 1 is 1.15 bits per heavy atom. The normalized spacial score (nSPS) is 11.6. The van der Waals surface area contributed by atoms with Crippen molar-refractivity contribution in [1.82, 2.24) is 4.98 Å². The van der Waals surface area contributed by atoms with Gasteiger partial charge in [0.1, 0.15) is 0 Å². The molecule has 0 amide bonds. The molecule has 0 unspecified atom stereocenters. The van der Waals surface area contributed by atoms with Gasteiger partial charge in [0.2, 0.25) is 0 Å². The third-order valence-electron chi connectivity index (χ3n) is 3.14. The molecular formula is C19H25N. The minimum absolute atomic E-state index is 1.03. The van der Waals surface area contributed by atoms with Crippen LogP contribution in [0.4, 0.5) is 0 Å². The number of rotatable bonds is 3. The highest BCUT2D eigenvalue weighted by atomic mass is 14.7. The molecule has 2 aromatic rings. The van der Waals surface area contributed by atoms with Crippen molar-refractivity contribution in [3.05, 3.63) is 59.8 Å². The highest BCUT2D eigenvalue weighted by Crippen LogP contribution is 2.23. The standard InChI is InChI=1S/C17H19N.C2H6/c1-4-9-13(5-2)17-12-14(6-3)15-10-7-8-11-16(15)18-17;1-2/h4-5,7-12H,6H2,1-3H3;1-2H3/b9-4-,13-5+;. The summed E-state index contributed by atoms with van der Waals surface area (Å²) in [6, 6.07) is 10.6. The molecule has 0 N–H and O–H groups in total. The van der Waals surface area contributed by atoms with E-state index in [1.54, 1.807) is 0 Å². The molecule has 0 aliphatic rings. The van der Waals surface area contributed by atoms with Gasteiger partial charge in [-0.2, -0.15) is 0 Å². The molecular weight excluding hydrogens is 242 g/mol. The predicted molar refractivity (Wildman–Crippen MR) is 90.9 cm³/mol. The number of hydrogen-bond donors (Lipinski definition) is 0. The van der Waals surface area contributed by atoms with Gasteiger partial charge >= 0.3 is 0 Å². The van der Waals surface area contributed by atoms with Crippen molar-refractivity contribution in [3.8, 4) is 0 Å². The zero-order valence-corrected chi connectivity index (χ0v) is 13.3. The second kappa shape index (κ2) is 8.31. The Morgan fingerprint density at radius 3 is 2.45 bits per heavy atom. The fraction of sp³-hybridized carbons (Fsp3) is 0.316. The molecule has 106 valence electrons. The maximum absolute atomic E-state index is 4.75. The fourth-order valence-electron chi connectivity index (χ4n) is 2.20. The lowest BCUT2D eigenvalue weighted by atomic mass is 10.0. The van der Waals surface area contributed by atoms with E-state index < -0.39 is 0 Å². The Balaban J connectivity index is 0.000000956. The highest BCUT2D eigenvalue weighted by Gasteiger charge is 2.05. The van der Waals surface area contributed by atoms with Gasteiger partial charge in [0.15, 0.2) is 0 Å². The topological polar surface area (TPSA) is 12.9 Å². The first-order valence-corrected chi connectivity index (χ1v) is 7.48. The Kier molecular flexibility index (Phi) is 6.72. The van der Waals surface area contributed by atoms with Crippen molar-refractivity contribution in [2.75, 3.05) is 0 Å². The third kappa shape index (κ3) is 3.57. The van der Waals surface area contributed by atoms with Gasteiger partial charge in [-0.15, -0.1) is 0 Å². The lowest BCUT2D eigenvalue weighted by molar-refractivity contribution is 1.14. The first kappa shape index (κ1) is 16.2. The van der Waals surface area contributed by atoms with Crippen molar-refractivity contribution in [1.29, 1.82) is 0 Å². The zero-order valence-electron chi connectivity index (χ0n) is 13.3. The summed E-state index contributed by atoms with van der Waals surface area (Å²) in [4.78, 5) is 4.75. The van der Waals surface area contributed by atoms with Crippen LogP contribution >= 0.6 is 0 Å². The molecule has 2 rings (SSSR count). The monoisotopic (exact) mass is 267 g/mol. The van der Waals surface area contributed by atoms with Crippen molar-refractivity contribution in [2.45, 2.75) is 41.0 Å². The van der Waals surface area contributed by atoms with E-state index in [1.165, 1.54) is 16.5 Å². The summed E-state index contributed by atoms with van der Waals surface area (Å²) in [6.45, 7) is 10.3. The Bertz CT molecular complexity index is 606. The van der Waals surface area contributed by atoms with E-state index in [0.29, 0.717) is 0 Å². The molecule has 1 heterocycles. The average Bonchev–Trinajstić information content (AvgIpc) is 2.53. The van der Waals surface area contributed by atoms with Crippen molar-refractivity contribution in [3.63, 3.8) is 0 Å². The quantitative estimate of drug-likeness (QED) is 0.640. The van der Waals surface area contributed by atoms with Gasteiger partial charge in [-0.25, -0.2) is 4.98 Å². The second-order valence-corrected chi connectivity index (χ2v) is 4.28. The van der Waals surface area contributed by atoms with Crippen LogP contribution in [0, 0.1) is 0 Å². The lowest BCUT2D eigenvalue weighted by Gasteiger charge is -2.08. The number of nitrogens with zero attached hydrogens (tertiary/aromatic N) is 1. The molecule has 0 fully saturated rings. The summed E-state index contributed by atoms with van der Waals surface area (Å²) in [7, 11) is 0. The maximum atomic E-state index is 4.75. The summed E-state index contributed by atoms with van der Waals surface area (Å²) in [5, 5.41) is 1.26. The van der Waals surface area contributed by atoms with Crippen molar-refractivity contribution >= 4 is 16.5 Å². The summed E-state index contributed by atoms with van der Waals surface area (Å²) in [5.74, 6) is 0. The smallest absolute Gasteiger partial charge is 0.0712 e. The van der Waals surface area contributed by atoms with E-state index >= 15 is 0 Å². The third-order valence-corrected chi connectivity index (χ3v) is 3.14. The van der Waals surface area contributed by atoms with E-state index in [2.05, 4.69) is 56.3 Å². The highest BCUT2D eigenvalue weighted by molar-refractivity contribution is 5.85. The number of pyridine rings is 1. The number of allylic oxidation sites excluding steroid dienone is 4. The second-order valence-electron chi connectivity index (χ2n) is 4.28. The molecule has 0 aliphatic heterocycles. The molecule has 1 nitrogen and oxygen atoms in total. The van der Waals surface area contributed by atoms with E-state index in [4.69, 9.17) is 4.98 Å². The van der Waals surface area contributed by atoms with Gasteiger partial charge in [-0.05, 0) is 43.5 Å². The number of benzene rings is 1. The number of para-hydroxylation sites is 1. The molecule has 1 aromatic heterocycles. The number of aryl methyl sites for hydroxylation is 1. The maximum Gasteiger partial charge on any atom is 0.0712 e. The predicted octanol–water partition coefficient (Wildman–Crippen LogP) is 5.80. The molecule has 0 saturated heterocycles. The van der Waals surface area contributed by atoms with E-state index in [1.807, 2.05) is 26.8 Å². The number of hydrogen-bond acceptors (Lipinski definition) is 1. The van der Waals surface area contributed by atoms with Gasteiger partial charge < -0.3 is 0 Å². The van der Waals surface area contributed by atoms with Crippen LogP contribution in [0.2, 0.25) is 0 Å². The first-order valence-electron chi connectivity index (χ1n) is 7.48. The van der Waals surface area contributed by atoms with E-state index in [9.17, 15) is 0 Å². The van der Waals surface area contributed by atoms with Gasteiger partial charge in [-0.1, -0.05) is 57.2 Å². The van der Waals surface area contributed by atoms with Gasteiger partial charge in [0.25, 0.3) is 0 Å². The van der Waals surface area contributed by atoms with Gasteiger partial charge in [0, 0.05) is 5.39 Å². The first-order chi connectivity index (χ1) is 9.80. The molecule has 0 atom stereocenters. The van der Waals surface area contributed by atoms with Crippen LogP contribution < -0.4 is 0 Å². The van der Waals surface area contributed by atoms with Crippen LogP contribution in [0.3, 0.4) is 0 Å². The molecule has 1 heteroatoms. The van der Waals surface area contributed by atoms with Crippen LogP contribution in [0.25, 0.3) is 16.5 Å². The molecule has 0 bridgehead atoms. The molecule has 0 saturated carbocycles. The Hall–Kier alpha value is -1.89. The molecule has 0 spiro atoms. The SMILES string of the molecule is C/C=C\C(=C/C)c1cc(CC)c2ccccc2n1.CC. The van der Waals surface area contributed by atoms with Crippen LogP contribution in [-0.4, -0.2) is 4.98 Å². The van der Waals surface area contributed by atoms with Crippen molar-refractivity contribution < 1.29 is 0 Å². The van der Waals surface area contributed by atoms with Crippen LogP contribution in [0.1, 0.15) is 45.9 Å². The molecule has 1 aromatic carbocycles. The zero-order chi connectivity index (χ0) is 15.0. The summed E-state index contributed by atoms with van der Waals surface area (Å²) in [5.41, 5.74) is 4.68. The lowest BCUT2D eigenvalue weighted by Crippen LogP contribution is -1.93. The van der Waals surface area contributed by atoms with Gasteiger partial charge in [0.05, 0.1) is 11.2 Å². The van der Waals surface area contributed by atoms with Crippen molar-refractivity contribution in [2.24, 2.45) is 0 Å². The largest absolute Gasteiger partial charge is 0.248 e. The molecule has 0 radical (unpaired) electrons. The number of fused-ring (bicyclic) bond motifs is 1. The van der Waals surface area contributed by atoms with Crippen LogP contribution in [0.5, 0.6) is 0 Å². The van der Waals surface area contributed by atoms with E-state index in [-0.39, 0.29) is 0 Å². The Labute approximate surface area is 123 Å². The van der Waals surface area contributed by atoms with Gasteiger partial charge in [-0.3, -0.25) is 0 Å². The molecule has 20 heavy (non-hydrogen) atoms. The van der Waals surface area contributed by atoms with E-state index in [0.717, 1.165) is 17.6 Å². The number of aromatic nitrogens is 1. The summed E-state index contributed by atoms with van der Waals surface area (Å²) < 4.78 is 0. The fourth-order valence-corrected chi connectivity index (χ4v) is 2.20. The van der Waals surface area contributed by atoms with Crippen LogP contribution in [0.15, 0.2) is 48.6 Å². The molecule has 0 aliphatic carbocycles. The van der Waals surface area contributed by atoms with Crippen LogP contribution in [-0.2, 0) is 6.42 Å². The summed E-state index contributed by atoms with van der Waals surface area (Å²) in [6.07, 6.45) is 7.30. The minimum Gasteiger partial charge on any atom is -0.248 e. The summed E-state index contributed by atoms with van der Waals surface area (Å²) >= 11 is 0. The Morgan fingerprint density at radius 2 is 1.85 bits per heavy atom. The minimum atomic E-state index is 1.03.